The molecule has 2 N–H and O–H groups in total. The maximum absolute atomic E-state index is 5.82. The van der Waals surface area contributed by atoms with Crippen LogP contribution in [0.3, 0.4) is 0 Å². The molecule has 2 rings (SSSR count). The van der Waals surface area contributed by atoms with E-state index in [1.807, 2.05) is 11.6 Å². The van der Waals surface area contributed by atoms with Gasteiger partial charge in [0.1, 0.15) is 0 Å². The lowest BCUT2D eigenvalue weighted by Crippen LogP contribution is -2.23. The summed E-state index contributed by atoms with van der Waals surface area (Å²) >= 11 is 3.53. The third-order valence-corrected chi connectivity index (χ3v) is 4.28. The van der Waals surface area contributed by atoms with Crippen LogP contribution in [0.4, 0.5) is 0 Å². The van der Waals surface area contributed by atoms with Gasteiger partial charge in [0.15, 0.2) is 0 Å². The van der Waals surface area contributed by atoms with Gasteiger partial charge in [0.2, 0.25) is 0 Å². The smallest absolute Gasteiger partial charge is 0.0776 e. The summed E-state index contributed by atoms with van der Waals surface area (Å²) in [4.78, 5) is 0. The van der Waals surface area contributed by atoms with Gasteiger partial charge in [0.05, 0.1) is 28.9 Å². The molecule has 90 valence electrons. The second-order valence-corrected chi connectivity index (χ2v) is 5.15. The highest BCUT2D eigenvalue weighted by Crippen LogP contribution is 2.24. The quantitative estimate of drug-likeness (QED) is 0.922. The summed E-state index contributed by atoms with van der Waals surface area (Å²) in [6.45, 7) is 5.53. The minimum absolute atomic E-state index is 0.241. The maximum atomic E-state index is 5.82. The number of halogens is 1. The van der Waals surface area contributed by atoms with Gasteiger partial charge >= 0.3 is 0 Å². The van der Waals surface area contributed by atoms with Crippen molar-refractivity contribution in [1.29, 1.82) is 0 Å². The molecule has 1 aliphatic rings. The summed E-state index contributed by atoms with van der Waals surface area (Å²) in [5.41, 5.74) is 7.79. The van der Waals surface area contributed by atoms with Crippen molar-refractivity contribution in [2.75, 3.05) is 6.54 Å². The zero-order chi connectivity index (χ0) is 11.7. The van der Waals surface area contributed by atoms with Crippen LogP contribution >= 0.6 is 15.9 Å². The number of aromatic nitrogens is 2. The minimum Gasteiger partial charge on any atom is -0.372 e. The van der Waals surface area contributed by atoms with Crippen LogP contribution in [0.5, 0.6) is 0 Å². The topological polar surface area (TPSA) is 53.1 Å². The molecule has 2 heterocycles. The average molecular weight is 288 g/mol. The van der Waals surface area contributed by atoms with Gasteiger partial charge in [-0.25, -0.2) is 0 Å². The number of nitrogens with two attached hydrogens (primary N) is 1. The molecule has 16 heavy (non-hydrogen) atoms. The van der Waals surface area contributed by atoms with Crippen molar-refractivity contribution in [1.82, 2.24) is 9.78 Å². The Hall–Kier alpha value is -0.390. The van der Waals surface area contributed by atoms with E-state index in [9.17, 15) is 0 Å². The molecule has 0 aliphatic carbocycles. The minimum atomic E-state index is 0.241. The van der Waals surface area contributed by atoms with Crippen LogP contribution in [0.15, 0.2) is 4.47 Å². The van der Waals surface area contributed by atoms with Crippen LogP contribution in [0, 0.1) is 13.8 Å². The fourth-order valence-electron chi connectivity index (χ4n) is 2.13. The highest BCUT2D eigenvalue weighted by Gasteiger charge is 2.25. The molecule has 0 radical (unpaired) electrons. The van der Waals surface area contributed by atoms with Crippen LogP contribution in [0.2, 0.25) is 0 Å². The van der Waals surface area contributed by atoms with E-state index in [1.165, 1.54) is 0 Å². The van der Waals surface area contributed by atoms with Gasteiger partial charge < -0.3 is 10.5 Å². The highest BCUT2D eigenvalue weighted by atomic mass is 79.9. The van der Waals surface area contributed by atoms with Gasteiger partial charge in [0.25, 0.3) is 0 Å². The Morgan fingerprint density at radius 3 is 2.62 bits per heavy atom. The standard InChI is InChI=1S/C11H18BrN3O/c1-7-11(12)8(2)15(14-7)6-10-4-3-9(5-13)16-10/h9-10H,3-6,13H2,1-2H3. The highest BCUT2D eigenvalue weighted by molar-refractivity contribution is 9.10. The summed E-state index contributed by atoms with van der Waals surface area (Å²) in [6, 6.07) is 0. The first-order chi connectivity index (χ1) is 7.61. The van der Waals surface area contributed by atoms with Crippen molar-refractivity contribution in [2.45, 2.75) is 45.4 Å². The molecule has 0 saturated carbocycles. The molecule has 1 aromatic rings. The first-order valence-corrected chi connectivity index (χ1v) is 6.46. The average Bonchev–Trinajstić information content (AvgIpc) is 2.81. The lowest BCUT2D eigenvalue weighted by Gasteiger charge is -2.13. The van der Waals surface area contributed by atoms with Gasteiger partial charge in [-0.05, 0) is 42.6 Å². The Kier molecular flexibility index (Phi) is 3.66. The fraction of sp³-hybridized carbons (Fsp3) is 0.727. The van der Waals surface area contributed by atoms with Crippen molar-refractivity contribution in [3.8, 4) is 0 Å². The molecule has 0 amide bonds. The summed E-state index contributed by atoms with van der Waals surface area (Å²) < 4.78 is 8.93. The number of nitrogens with zero attached hydrogens (tertiary/aromatic N) is 2. The number of hydrogen-bond acceptors (Lipinski definition) is 3. The van der Waals surface area contributed by atoms with Crippen molar-refractivity contribution in [3.63, 3.8) is 0 Å². The molecule has 5 heteroatoms. The maximum Gasteiger partial charge on any atom is 0.0776 e. The number of aryl methyl sites for hydroxylation is 1. The number of hydrogen-bond donors (Lipinski definition) is 1. The lowest BCUT2D eigenvalue weighted by molar-refractivity contribution is 0.0382. The molecule has 0 bridgehead atoms. The fourth-order valence-corrected chi connectivity index (χ4v) is 2.42. The van der Waals surface area contributed by atoms with Crippen molar-refractivity contribution >= 4 is 15.9 Å². The number of ether oxygens (including phenoxy) is 1. The third-order valence-electron chi connectivity index (χ3n) is 3.13. The molecule has 0 aromatic carbocycles. The molecular formula is C11H18BrN3O. The van der Waals surface area contributed by atoms with E-state index >= 15 is 0 Å². The first kappa shape index (κ1) is 12.1. The molecule has 2 unspecified atom stereocenters. The molecule has 1 aliphatic heterocycles. The SMILES string of the molecule is Cc1nn(CC2CCC(CN)O2)c(C)c1Br. The van der Waals surface area contributed by atoms with E-state index in [2.05, 4.69) is 28.0 Å². The first-order valence-electron chi connectivity index (χ1n) is 5.67. The Morgan fingerprint density at radius 2 is 2.12 bits per heavy atom. The van der Waals surface area contributed by atoms with Crippen molar-refractivity contribution < 1.29 is 4.74 Å². The summed E-state index contributed by atoms with van der Waals surface area (Å²) in [7, 11) is 0. The second kappa shape index (κ2) is 4.85. The van der Waals surface area contributed by atoms with E-state index in [0.717, 1.165) is 35.2 Å². The number of rotatable bonds is 3. The normalized spacial score (nSPS) is 25.2. The van der Waals surface area contributed by atoms with E-state index in [4.69, 9.17) is 10.5 Å². The van der Waals surface area contributed by atoms with Crippen LogP contribution in [-0.4, -0.2) is 28.5 Å². The van der Waals surface area contributed by atoms with Crippen LogP contribution in [-0.2, 0) is 11.3 Å². The van der Waals surface area contributed by atoms with E-state index < -0.39 is 0 Å². The Morgan fingerprint density at radius 1 is 1.44 bits per heavy atom. The predicted octanol–water partition coefficient (Wildman–Crippen LogP) is 1.77. The molecule has 1 aromatic heterocycles. The van der Waals surface area contributed by atoms with E-state index in [0.29, 0.717) is 6.54 Å². The van der Waals surface area contributed by atoms with Crippen LogP contribution < -0.4 is 5.73 Å². The van der Waals surface area contributed by atoms with E-state index in [-0.39, 0.29) is 12.2 Å². The Labute approximate surface area is 104 Å². The molecular weight excluding hydrogens is 270 g/mol. The van der Waals surface area contributed by atoms with Crippen molar-refractivity contribution in [3.05, 3.63) is 15.9 Å². The Bertz CT molecular complexity index is 378. The zero-order valence-corrected chi connectivity index (χ0v) is 11.3. The summed E-state index contributed by atoms with van der Waals surface area (Å²) in [5.74, 6) is 0. The zero-order valence-electron chi connectivity index (χ0n) is 9.74. The summed E-state index contributed by atoms with van der Waals surface area (Å²) in [5, 5.41) is 4.48. The largest absolute Gasteiger partial charge is 0.372 e. The van der Waals surface area contributed by atoms with Crippen molar-refractivity contribution in [2.24, 2.45) is 5.73 Å². The third kappa shape index (κ3) is 2.31. The molecule has 4 nitrogen and oxygen atoms in total. The predicted molar refractivity (Wildman–Crippen MR) is 66.4 cm³/mol. The molecule has 2 atom stereocenters. The monoisotopic (exact) mass is 287 g/mol. The summed E-state index contributed by atoms with van der Waals surface area (Å²) in [6.07, 6.45) is 2.66. The molecule has 1 saturated heterocycles. The van der Waals surface area contributed by atoms with Gasteiger partial charge in [-0.15, -0.1) is 0 Å². The molecule has 1 fully saturated rings. The van der Waals surface area contributed by atoms with Gasteiger partial charge in [-0.1, -0.05) is 0 Å². The lowest BCUT2D eigenvalue weighted by atomic mass is 10.2. The van der Waals surface area contributed by atoms with Crippen LogP contribution in [0.1, 0.15) is 24.2 Å². The van der Waals surface area contributed by atoms with Gasteiger partial charge in [0, 0.05) is 12.2 Å². The second-order valence-electron chi connectivity index (χ2n) is 4.36. The van der Waals surface area contributed by atoms with Gasteiger partial charge in [-0.3, -0.25) is 4.68 Å². The van der Waals surface area contributed by atoms with Gasteiger partial charge in [-0.2, -0.15) is 5.10 Å². The van der Waals surface area contributed by atoms with E-state index in [1.54, 1.807) is 0 Å². The van der Waals surface area contributed by atoms with Crippen LogP contribution in [0.25, 0.3) is 0 Å². The molecule has 0 spiro atoms. The Balaban J connectivity index is 2.02.